The lowest BCUT2D eigenvalue weighted by molar-refractivity contribution is -0.0823. The number of rotatable bonds is 6. The van der Waals surface area contributed by atoms with Crippen molar-refractivity contribution in [2.75, 3.05) is 13.2 Å². The van der Waals surface area contributed by atoms with Crippen molar-refractivity contribution >= 4 is 0 Å². The van der Waals surface area contributed by atoms with Crippen LogP contribution in [-0.4, -0.2) is 18.3 Å². The Bertz CT molecular complexity index is 359. The molecule has 1 fully saturated rings. The van der Waals surface area contributed by atoms with Crippen molar-refractivity contribution in [3.63, 3.8) is 0 Å². The van der Waals surface area contributed by atoms with Crippen LogP contribution in [0.5, 0.6) is 0 Å². The van der Waals surface area contributed by atoms with E-state index < -0.39 is 0 Å². The monoisotopic (exact) mass is 248 g/mol. The zero-order valence-electron chi connectivity index (χ0n) is 11.4. The third-order valence-corrected chi connectivity index (χ3v) is 4.58. The van der Waals surface area contributed by atoms with Crippen molar-refractivity contribution < 1.29 is 9.84 Å². The number of aliphatic hydroxyl groups is 1. The van der Waals surface area contributed by atoms with E-state index in [1.165, 1.54) is 12.0 Å². The van der Waals surface area contributed by atoms with Crippen LogP contribution in [0.4, 0.5) is 0 Å². The molecule has 2 atom stereocenters. The fraction of sp³-hybridized carbons (Fsp3) is 0.625. The highest BCUT2D eigenvalue weighted by Crippen LogP contribution is 2.52. The summed E-state index contributed by atoms with van der Waals surface area (Å²) in [5.74, 6) is 1.30. The third-order valence-electron chi connectivity index (χ3n) is 4.58. The molecule has 1 aromatic rings. The minimum atomic E-state index is 0.311. The van der Waals surface area contributed by atoms with Crippen LogP contribution in [0.2, 0.25) is 0 Å². The fourth-order valence-corrected chi connectivity index (χ4v) is 2.95. The highest BCUT2D eigenvalue weighted by molar-refractivity contribution is 5.13. The topological polar surface area (TPSA) is 29.5 Å². The Morgan fingerprint density at radius 2 is 1.94 bits per heavy atom. The molecule has 1 aliphatic carbocycles. The van der Waals surface area contributed by atoms with Gasteiger partial charge in [-0.1, -0.05) is 44.2 Å². The molecule has 1 aliphatic rings. The van der Waals surface area contributed by atoms with Crippen molar-refractivity contribution in [2.24, 2.45) is 17.3 Å². The van der Waals surface area contributed by atoms with Crippen LogP contribution in [-0.2, 0) is 11.3 Å². The van der Waals surface area contributed by atoms with Gasteiger partial charge in [0.05, 0.1) is 13.2 Å². The van der Waals surface area contributed by atoms with Gasteiger partial charge in [-0.2, -0.15) is 0 Å². The van der Waals surface area contributed by atoms with Crippen LogP contribution < -0.4 is 0 Å². The lowest BCUT2D eigenvalue weighted by Crippen LogP contribution is -2.47. The number of benzene rings is 1. The summed E-state index contributed by atoms with van der Waals surface area (Å²) in [6.45, 7) is 6.45. The predicted molar refractivity (Wildman–Crippen MR) is 73.2 cm³/mol. The van der Waals surface area contributed by atoms with Crippen molar-refractivity contribution in [1.82, 2.24) is 0 Å². The SMILES string of the molecule is CC1(C)C(CCO)CC1COCc1ccccc1. The number of hydrogen-bond acceptors (Lipinski definition) is 2. The van der Waals surface area contributed by atoms with Crippen LogP contribution in [0.25, 0.3) is 0 Å². The summed E-state index contributed by atoms with van der Waals surface area (Å²) in [5, 5.41) is 9.01. The molecule has 0 spiro atoms. The molecular formula is C16H24O2. The van der Waals surface area contributed by atoms with Crippen LogP contribution in [0, 0.1) is 17.3 Å². The first-order valence-electron chi connectivity index (χ1n) is 6.87. The quantitative estimate of drug-likeness (QED) is 0.837. The summed E-state index contributed by atoms with van der Waals surface area (Å²) < 4.78 is 5.82. The van der Waals surface area contributed by atoms with Gasteiger partial charge in [-0.05, 0) is 35.7 Å². The van der Waals surface area contributed by atoms with E-state index in [4.69, 9.17) is 9.84 Å². The molecule has 1 saturated carbocycles. The number of aliphatic hydroxyl groups excluding tert-OH is 1. The van der Waals surface area contributed by atoms with Crippen LogP contribution in [0.3, 0.4) is 0 Å². The molecule has 0 bridgehead atoms. The number of hydrogen-bond donors (Lipinski definition) is 1. The van der Waals surface area contributed by atoms with Crippen LogP contribution in [0.1, 0.15) is 32.3 Å². The maximum atomic E-state index is 9.01. The summed E-state index contributed by atoms with van der Waals surface area (Å²) >= 11 is 0. The van der Waals surface area contributed by atoms with Gasteiger partial charge in [0.25, 0.3) is 0 Å². The van der Waals surface area contributed by atoms with Gasteiger partial charge in [0.15, 0.2) is 0 Å². The Morgan fingerprint density at radius 3 is 2.56 bits per heavy atom. The van der Waals surface area contributed by atoms with Crippen molar-refractivity contribution in [3.05, 3.63) is 35.9 Å². The van der Waals surface area contributed by atoms with Gasteiger partial charge < -0.3 is 9.84 Å². The first-order chi connectivity index (χ1) is 8.64. The van der Waals surface area contributed by atoms with E-state index in [0.29, 0.717) is 30.5 Å². The number of ether oxygens (including phenoxy) is 1. The molecule has 0 heterocycles. The molecule has 2 rings (SSSR count). The first kappa shape index (κ1) is 13.6. The third kappa shape index (κ3) is 2.93. The maximum Gasteiger partial charge on any atom is 0.0717 e. The zero-order chi connectivity index (χ0) is 13.0. The Hall–Kier alpha value is -0.860. The molecule has 1 aromatic carbocycles. The van der Waals surface area contributed by atoms with Gasteiger partial charge in [0.2, 0.25) is 0 Å². The molecule has 2 nitrogen and oxygen atoms in total. The molecule has 0 radical (unpaired) electrons. The zero-order valence-corrected chi connectivity index (χ0v) is 11.4. The molecule has 0 saturated heterocycles. The molecule has 2 unspecified atom stereocenters. The summed E-state index contributed by atoms with van der Waals surface area (Å²) in [5.41, 5.74) is 1.56. The Balaban J connectivity index is 1.73. The summed E-state index contributed by atoms with van der Waals surface area (Å²) in [6.07, 6.45) is 2.13. The van der Waals surface area contributed by atoms with E-state index in [9.17, 15) is 0 Å². The highest BCUT2D eigenvalue weighted by atomic mass is 16.5. The molecule has 100 valence electrons. The molecule has 1 N–H and O–H groups in total. The van der Waals surface area contributed by atoms with E-state index in [0.717, 1.165) is 13.0 Å². The van der Waals surface area contributed by atoms with Gasteiger partial charge in [-0.15, -0.1) is 0 Å². The van der Waals surface area contributed by atoms with Gasteiger partial charge in [0, 0.05) is 6.61 Å². The minimum Gasteiger partial charge on any atom is -0.396 e. The molecule has 0 aliphatic heterocycles. The summed E-state index contributed by atoms with van der Waals surface area (Å²) in [7, 11) is 0. The van der Waals surface area contributed by atoms with E-state index >= 15 is 0 Å². The second kappa shape index (κ2) is 5.85. The van der Waals surface area contributed by atoms with E-state index in [-0.39, 0.29) is 0 Å². The fourth-order valence-electron chi connectivity index (χ4n) is 2.95. The van der Waals surface area contributed by atoms with E-state index in [2.05, 4.69) is 26.0 Å². The van der Waals surface area contributed by atoms with Crippen molar-refractivity contribution in [1.29, 1.82) is 0 Å². The van der Waals surface area contributed by atoms with Crippen LogP contribution >= 0.6 is 0 Å². The lowest BCUT2D eigenvalue weighted by atomic mass is 9.54. The molecule has 18 heavy (non-hydrogen) atoms. The van der Waals surface area contributed by atoms with Crippen LogP contribution in [0.15, 0.2) is 30.3 Å². The summed E-state index contributed by atoms with van der Waals surface area (Å²) in [6, 6.07) is 10.3. The highest BCUT2D eigenvalue weighted by Gasteiger charge is 2.47. The van der Waals surface area contributed by atoms with E-state index in [1.807, 2.05) is 18.2 Å². The largest absolute Gasteiger partial charge is 0.396 e. The van der Waals surface area contributed by atoms with Crippen molar-refractivity contribution in [3.8, 4) is 0 Å². The van der Waals surface area contributed by atoms with Gasteiger partial charge in [-0.25, -0.2) is 0 Å². The molecule has 2 heteroatoms. The standard InChI is InChI=1S/C16H24O2/c1-16(2)14(8-9-17)10-15(16)12-18-11-13-6-4-3-5-7-13/h3-7,14-15,17H,8-12H2,1-2H3. The average molecular weight is 248 g/mol. The summed E-state index contributed by atoms with van der Waals surface area (Å²) in [4.78, 5) is 0. The van der Waals surface area contributed by atoms with Gasteiger partial charge >= 0.3 is 0 Å². The first-order valence-corrected chi connectivity index (χ1v) is 6.87. The van der Waals surface area contributed by atoms with E-state index in [1.54, 1.807) is 0 Å². The second-order valence-corrected chi connectivity index (χ2v) is 5.96. The normalized spacial score (nSPS) is 25.7. The Labute approximate surface area is 110 Å². The molecule has 0 amide bonds. The molecule has 0 aromatic heterocycles. The molecular weight excluding hydrogens is 224 g/mol. The predicted octanol–water partition coefficient (Wildman–Crippen LogP) is 3.25. The average Bonchev–Trinajstić information content (AvgIpc) is 2.38. The van der Waals surface area contributed by atoms with Gasteiger partial charge in [0.1, 0.15) is 0 Å². The van der Waals surface area contributed by atoms with Gasteiger partial charge in [-0.3, -0.25) is 0 Å². The minimum absolute atomic E-state index is 0.311. The Kier molecular flexibility index (Phi) is 4.41. The van der Waals surface area contributed by atoms with Crippen molar-refractivity contribution in [2.45, 2.75) is 33.3 Å². The Morgan fingerprint density at radius 1 is 1.22 bits per heavy atom. The maximum absolute atomic E-state index is 9.01. The lowest BCUT2D eigenvalue weighted by Gasteiger charge is -2.52. The smallest absolute Gasteiger partial charge is 0.0717 e. The second-order valence-electron chi connectivity index (χ2n) is 5.96.